The third kappa shape index (κ3) is 4.61. The van der Waals surface area contributed by atoms with E-state index < -0.39 is 0 Å². The predicted octanol–water partition coefficient (Wildman–Crippen LogP) is 14.6. The Kier molecular flexibility index (Phi) is 6.55. The predicted molar refractivity (Wildman–Crippen MR) is 222 cm³/mol. The molecule has 0 aliphatic rings. The highest BCUT2D eigenvalue weighted by Crippen LogP contribution is 2.48. The zero-order valence-corrected chi connectivity index (χ0v) is 28.7. The molecule has 0 aliphatic carbocycles. The molecule has 53 heavy (non-hydrogen) atoms. The first-order valence-electron chi connectivity index (χ1n) is 18.0. The molecule has 0 spiro atoms. The molecule has 0 unspecified atom stereocenters. The topological polar surface area (TPSA) is 29.5 Å². The quantitative estimate of drug-likeness (QED) is 0.182. The SMILES string of the molecule is c1ccc(-c2cccc3c2oc2c4ccccc4c(N(c4ccc(-c5cccc6ccccc56)cc4)c4cccc5oc6ccccc6c45)cc32)cc1. The maximum Gasteiger partial charge on any atom is 0.143 e. The summed E-state index contributed by atoms with van der Waals surface area (Å²) in [6.07, 6.45) is 0. The second-order valence-corrected chi connectivity index (χ2v) is 13.6. The highest BCUT2D eigenvalue weighted by Gasteiger charge is 2.24. The smallest absolute Gasteiger partial charge is 0.143 e. The Morgan fingerprint density at radius 1 is 0.340 bits per heavy atom. The summed E-state index contributed by atoms with van der Waals surface area (Å²) in [6.45, 7) is 0. The van der Waals surface area contributed by atoms with E-state index in [9.17, 15) is 0 Å². The Morgan fingerprint density at radius 3 is 1.81 bits per heavy atom. The first-order valence-corrected chi connectivity index (χ1v) is 18.0. The van der Waals surface area contributed by atoms with Crippen molar-refractivity contribution in [3.63, 3.8) is 0 Å². The Bertz CT molecular complexity index is 3160. The van der Waals surface area contributed by atoms with Crippen LogP contribution in [0.15, 0.2) is 197 Å². The zero-order chi connectivity index (χ0) is 34.9. The van der Waals surface area contributed by atoms with Crippen molar-refractivity contribution in [3.8, 4) is 22.3 Å². The largest absolute Gasteiger partial charge is 0.456 e. The van der Waals surface area contributed by atoms with Gasteiger partial charge in [-0.05, 0) is 63.9 Å². The van der Waals surface area contributed by atoms with Gasteiger partial charge < -0.3 is 13.7 Å². The van der Waals surface area contributed by atoms with Gasteiger partial charge in [0.2, 0.25) is 0 Å². The minimum Gasteiger partial charge on any atom is -0.456 e. The molecule has 0 atom stereocenters. The minimum absolute atomic E-state index is 0.854. The van der Waals surface area contributed by atoms with E-state index in [1.807, 2.05) is 12.1 Å². The number of hydrogen-bond acceptors (Lipinski definition) is 3. The normalized spacial score (nSPS) is 11.8. The second kappa shape index (κ2) is 11.7. The fourth-order valence-electron chi connectivity index (χ4n) is 8.25. The lowest BCUT2D eigenvalue weighted by molar-refractivity contribution is 0.669. The lowest BCUT2D eigenvalue weighted by atomic mass is 9.97. The maximum atomic E-state index is 6.88. The summed E-state index contributed by atoms with van der Waals surface area (Å²) in [6, 6.07) is 66.7. The molecule has 0 fully saturated rings. The number of fused-ring (bicyclic) bond motifs is 9. The third-order valence-electron chi connectivity index (χ3n) is 10.7. The van der Waals surface area contributed by atoms with E-state index in [4.69, 9.17) is 8.83 Å². The van der Waals surface area contributed by atoms with Crippen molar-refractivity contribution in [2.24, 2.45) is 0 Å². The van der Waals surface area contributed by atoms with Crippen LogP contribution in [0.3, 0.4) is 0 Å². The molecule has 3 nitrogen and oxygen atoms in total. The lowest BCUT2D eigenvalue weighted by Crippen LogP contribution is -2.11. The molecule has 11 rings (SSSR count). The molecule has 0 amide bonds. The van der Waals surface area contributed by atoms with Crippen LogP contribution in [0, 0.1) is 0 Å². The van der Waals surface area contributed by atoms with E-state index >= 15 is 0 Å². The fraction of sp³-hybridized carbons (Fsp3) is 0. The van der Waals surface area contributed by atoms with Crippen LogP contribution in [0.4, 0.5) is 17.1 Å². The summed E-state index contributed by atoms with van der Waals surface area (Å²) in [5.74, 6) is 0. The van der Waals surface area contributed by atoms with Gasteiger partial charge in [0.05, 0.1) is 16.8 Å². The van der Waals surface area contributed by atoms with Gasteiger partial charge in [0.15, 0.2) is 0 Å². The van der Waals surface area contributed by atoms with Gasteiger partial charge in [0.1, 0.15) is 22.3 Å². The molecular formula is C50H31NO2. The van der Waals surface area contributed by atoms with Crippen LogP contribution in [0.1, 0.15) is 0 Å². The van der Waals surface area contributed by atoms with Crippen molar-refractivity contribution in [3.05, 3.63) is 188 Å². The monoisotopic (exact) mass is 677 g/mol. The molecule has 0 radical (unpaired) electrons. The Balaban J connectivity index is 1.20. The lowest BCUT2D eigenvalue weighted by Gasteiger charge is -2.28. The number of hydrogen-bond donors (Lipinski definition) is 0. The summed E-state index contributed by atoms with van der Waals surface area (Å²) in [4.78, 5) is 2.40. The Hall–Kier alpha value is -7.10. The van der Waals surface area contributed by atoms with Crippen LogP contribution >= 0.6 is 0 Å². The standard InChI is InChI=1S/C50H31NO2/c1-2-13-33(14-3-1)38-22-11-23-41-43-31-45(39-18-6-7-19-40(39)50(43)53-49(38)41)51(44-24-12-26-47-48(44)42-20-8-9-25-46(42)52-47)35-29-27-34(28-30-35)37-21-10-16-32-15-4-5-17-36(32)37/h1-31H. The molecule has 0 bridgehead atoms. The van der Waals surface area contributed by atoms with Gasteiger partial charge >= 0.3 is 0 Å². The van der Waals surface area contributed by atoms with Gasteiger partial charge in [0.25, 0.3) is 0 Å². The molecular weight excluding hydrogens is 647 g/mol. The van der Waals surface area contributed by atoms with Gasteiger partial charge in [-0.3, -0.25) is 0 Å². The minimum atomic E-state index is 0.854. The molecule has 2 heterocycles. The molecule has 11 aromatic rings. The number of anilines is 3. The van der Waals surface area contributed by atoms with Crippen molar-refractivity contribution in [1.29, 1.82) is 0 Å². The molecule has 3 heteroatoms. The van der Waals surface area contributed by atoms with Crippen LogP contribution in [0.2, 0.25) is 0 Å². The summed E-state index contributed by atoms with van der Waals surface area (Å²) in [5, 5.41) is 8.97. The van der Waals surface area contributed by atoms with E-state index in [0.29, 0.717) is 0 Å². The highest BCUT2D eigenvalue weighted by molar-refractivity contribution is 6.22. The molecule has 248 valence electrons. The van der Waals surface area contributed by atoms with Gasteiger partial charge in [-0.1, -0.05) is 152 Å². The van der Waals surface area contributed by atoms with E-state index in [-0.39, 0.29) is 0 Å². The molecule has 0 N–H and O–H groups in total. The molecule has 0 saturated carbocycles. The zero-order valence-electron chi connectivity index (χ0n) is 28.7. The summed E-state index contributed by atoms with van der Waals surface area (Å²) < 4.78 is 13.3. The van der Waals surface area contributed by atoms with Crippen LogP contribution in [-0.4, -0.2) is 0 Å². The molecule has 0 aliphatic heterocycles. The first kappa shape index (κ1) is 29.6. The Morgan fingerprint density at radius 2 is 0.943 bits per heavy atom. The summed E-state index contributed by atoms with van der Waals surface area (Å²) in [7, 11) is 0. The van der Waals surface area contributed by atoms with Gasteiger partial charge in [-0.25, -0.2) is 0 Å². The third-order valence-corrected chi connectivity index (χ3v) is 10.7. The number of nitrogens with zero attached hydrogens (tertiary/aromatic N) is 1. The maximum absolute atomic E-state index is 6.88. The van der Waals surface area contributed by atoms with Crippen LogP contribution in [0.5, 0.6) is 0 Å². The average molecular weight is 678 g/mol. The van der Waals surface area contributed by atoms with Gasteiger partial charge in [-0.15, -0.1) is 0 Å². The number of benzene rings is 9. The van der Waals surface area contributed by atoms with Crippen LogP contribution < -0.4 is 4.90 Å². The fourth-order valence-corrected chi connectivity index (χ4v) is 8.25. The number of para-hydroxylation sites is 2. The van der Waals surface area contributed by atoms with E-state index in [2.05, 4.69) is 181 Å². The van der Waals surface area contributed by atoms with Crippen LogP contribution in [-0.2, 0) is 0 Å². The van der Waals surface area contributed by atoms with Crippen molar-refractivity contribution in [1.82, 2.24) is 0 Å². The number of furan rings is 2. The highest BCUT2D eigenvalue weighted by atomic mass is 16.3. The molecule has 9 aromatic carbocycles. The van der Waals surface area contributed by atoms with E-state index in [1.54, 1.807) is 0 Å². The van der Waals surface area contributed by atoms with Crippen molar-refractivity contribution >= 4 is 82.5 Å². The first-order chi connectivity index (χ1) is 26.3. The van der Waals surface area contributed by atoms with Crippen molar-refractivity contribution in [2.75, 3.05) is 4.90 Å². The average Bonchev–Trinajstić information content (AvgIpc) is 3.81. The van der Waals surface area contributed by atoms with Crippen LogP contribution in [0.25, 0.3) is 87.7 Å². The van der Waals surface area contributed by atoms with Gasteiger partial charge in [0, 0.05) is 38.2 Å². The summed E-state index contributed by atoms with van der Waals surface area (Å²) in [5.41, 5.74) is 11.3. The second-order valence-electron chi connectivity index (χ2n) is 13.6. The van der Waals surface area contributed by atoms with E-state index in [1.165, 1.54) is 21.9 Å². The van der Waals surface area contributed by atoms with Crippen molar-refractivity contribution in [2.45, 2.75) is 0 Å². The molecule has 0 saturated heterocycles. The Labute approximate surface area is 305 Å². The summed E-state index contributed by atoms with van der Waals surface area (Å²) >= 11 is 0. The van der Waals surface area contributed by atoms with Gasteiger partial charge in [-0.2, -0.15) is 0 Å². The number of rotatable bonds is 5. The van der Waals surface area contributed by atoms with E-state index in [0.717, 1.165) is 82.8 Å². The molecule has 2 aromatic heterocycles. The van der Waals surface area contributed by atoms with Crippen molar-refractivity contribution < 1.29 is 8.83 Å².